The Morgan fingerprint density at radius 1 is 1.26 bits per heavy atom. The lowest BCUT2D eigenvalue weighted by molar-refractivity contribution is -0.137. The fourth-order valence-electron chi connectivity index (χ4n) is 2.71. The first-order valence-electron chi connectivity index (χ1n) is 8.63. The Bertz CT molecular complexity index is 808. The van der Waals surface area contributed by atoms with E-state index in [0.717, 1.165) is 18.4 Å². The van der Waals surface area contributed by atoms with Crippen molar-refractivity contribution < 1.29 is 27.1 Å². The highest BCUT2D eigenvalue weighted by molar-refractivity contribution is 5.98. The van der Waals surface area contributed by atoms with Crippen LogP contribution in [0.1, 0.15) is 54.1 Å². The van der Waals surface area contributed by atoms with Gasteiger partial charge in [-0.3, -0.25) is 4.79 Å². The lowest BCUT2D eigenvalue weighted by Crippen LogP contribution is -2.12. The van der Waals surface area contributed by atoms with Crippen LogP contribution < -0.4 is 0 Å². The molecule has 0 unspecified atom stereocenters. The van der Waals surface area contributed by atoms with Gasteiger partial charge >= 0.3 is 6.18 Å². The van der Waals surface area contributed by atoms with Crippen LogP contribution in [0, 0.1) is 17.7 Å². The molecule has 1 aromatic rings. The number of halogens is 4. The molecular formula is C21H20F4O2. The van der Waals surface area contributed by atoms with Gasteiger partial charge in [-0.15, -0.1) is 5.92 Å². The molecule has 6 heteroatoms. The van der Waals surface area contributed by atoms with Crippen LogP contribution in [-0.2, 0) is 10.9 Å². The van der Waals surface area contributed by atoms with Crippen molar-refractivity contribution in [2.24, 2.45) is 0 Å². The number of hydrogen-bond acceptors (Lipinski definition) is 2. The van der Waals surface area contributed by atoms with Crippen LogP contribution in [0.2, 0.25) is 0 Å². The summed E-state index contributed by atoms with van der Waals surface area (Å²) in [6, 6.07) is 1.05. The number of allylic oxidation sites excluding steroid dienone is 2. The number of hydrogen-bond donors (Lipinski definition) is 0. The fourth-order valence-corrected chi connectivity index (χ4v) is 2.71. The topological polar surface area (TPSA) is 26.3 Å². The van der Waals surface area contributed by atoms with E-state index in [-0.39, 0.29) is 12.0 Å². The van der Waals surface area contributed by atoms with Gasteiger partial charge in [-0.25, -0.2) is 4.39 Å². The molecule has 0 saturated carbocycles. The van der Waals surface area contributed by atoms with Crippen molar-refractivity contribution in [2.45, 2.75) is 38.8 Å². The highest BCUT2D eigenvalue weighted by atomic mass is 19.4. The van der Waals surface area contributed by atoms with Crippen molar-refractivity contribution in [1.82, 2.24) is 0 Å². The number of ketones is 1. The van der Waals surface area contributed by atoms with E-state index in [1.807, 2.05) is 6.08 Å². The molecule has 0 bridgehead atoms. The second kappa shape index (κ2) is 9.52. The van der Waals surface area contributed by atoms with Gasteiger partial charge in [0.2, 0.25) is 0 Å². The molecule has 2 nitrogen and oxygen atoms in total. The molecule has 1 aliphatic rings. The molecule has 0 amide bonds. The van der Waals surface area contributed by atoms with E-state index in [0.29, 0.717) is 31.8 Å². The van der Waals surface area contributed by atoms with Crippen LogP contribution in [-0.4, -0.2) is 19.0 Å². The van der Waals surface area contributed by atoms with Crippen LogP contribution in [0.15, 0.2) is 35.9 Å². The Morgan fingerprint density at radius 3 is 2.67 bits per heavy atom. The van der Waals surface area contributed by atoms with Crippen LogP contribution in [0.25, 0.3) is 0 Å². The quantitative estimate of drug-likeness (QED) is 0.271. The minimum Gasteiger partial charge on any atom is -0.377 e. The van der Waals surface area contributed by atoms with E-state index in [9.17, 15) is 22.4 Å². The first-order valence-corrected chi connectivity index (χ1v) is 8.63. The number of benzene rings is 1. The minimum absolute atomic E-state index is 0.0322. The molecule has 0 saturated heterocycles. The molecule has 0 N–H and O–H groups in total. The summed E-state index contributed by atoms with van der Waals surface area (Å²) < 4.78 is 58.2. The third kappa shape index (κ3) is 6.07. The predicted molar refractivity (Wildman–Crippen MR) is 94.8 cm³/mol. The largest absolute Gasteiger partial charge is 0.416 e. The summed E-state index contributed by atoms with van der Waals surface area (Å²) in [7, 11) is 0. The Morgan fingerprint density at radius 2 is 2.04 bits per heavy atom. The first kappa shape index (κ1) is 20.9. The molecule has 0 aromatic heterocycles. The van der Waals surface area contributed by atoms with E-state index in [1.54, 1.807) is 0 Å². The van der Waals surface area contributed by atoms with Gasteiger partial charge in [-0.05, 0) is 43.9 Å². The Hall–Kier alpha value is -2.39. The van der Waals surface area contributed by atoms with Gasteiger partial charge in [-0.1, -0.05) is 24.1 Å². The molecule has 0 heterocycles. The summed E-state index contributed by atoms with van der Waals surface area (Å²) in [6.07, 6.45) is 3.72. The van der Waals surface area contributed by atoms with E-state index < -0.39 is 28.9 Å². The second-order valence-corrected chi connectivity index (χ2v) is 6.09. The van der Waals surface area contributed by atoms with Crippen LogP contribution in [0.3, 0.4) is 0 Å². The van der Waals surface area contributed by atoms with Gasteiger partial charge in [0.25, 0.3) is 0 Å². The Balaban J connectivity index is 1.99. The molecule has 0 fully saturated rings. The summed E-state index contributed by atoms with van der Waals surface area (Å²) in [5.41, 5.74) is -0.725. The number of alkyl halides is 3. The Labute approximate surface area is 155 Å². The smallest absolute Gasteiger partial charge is 0.377 e. The monoisotopic (exact) mass is 380 g/mol. The van der Waals surface area contributed by atoms with Crippen molar-refractivity contribution in [3.8, 4) is 11.8 Å². The molecule has 1 aliphatic carbocycles. The maximum atomic E-state index is 14.2. The van der Waals surface area contributed by atoms with Gasteiger partial charge in [0, 0.05) is 18.6 Å². The average Bonchev–Trinajstić information content (AvgIpc) is 2.61. The number of carbonyl (C=O) groups is 1. The Kier molecular flexibility index (Phi) is 7.37. The van der Waals surface area contributed by atoms with Crippen molar-refractivity contribution >= 4 is 5.78 Å². The van der Waals surface area contributed by atoms with Gasteiger partial charge in [0.1, 0.15) is 5.82 Å². The van der Waals surface area contributed by atoms with Crippen LogP contribution in [0.4, 0.5) is 17.6 Å². The maximum absolute atomic E-state index is 14.2. The minimum atomic E-state index is -4.71. The van der Waals surface area contributed by atoms with E-state index in [4.69, 9.17) is 4.74 Å². The molecule has 27 heavy (non-hydrogen) atoms. The summed E-state index contributed by atoms with van der Waals surface area (Å²) >= 11 is 0. The maximum Gasteiger partial charge on any atom is 0.416 e. The molecule has 2 rings (SSSR count). The van der Waals surface area contributed by atoms with Crippen LogP contribution in [0.5, 0.6) is 0 Å². The van der Waals surface area contributed by atoms with Crippen molar-refractivity contribution in [2.75, 3.05) is 13.2 Å². The summed E-state index contributed by atoms with van der Waals surface area (Å²) in [5.74, 6) is 3.04. The standard InChI is InChI=1S/C21H20F4O2/c1-2-7-16-12-17(21(23,24)25)13-18(22)20(16)19(26)10-6-11-27-14-15-8-4-3-5-9-15/h4,8-9,12-13H,3,5-6,10-11,14H2,1H3. The average molecular weight is 380 g/mol. The van der Waals surface area contributed by atoms with Crippen molar-refractivity contribution in [3.05, 3.63) is 58.4 Å². The molecule has 0 aliphatic heterocycles. The lowest BCUT2D eigenvalue weighted by Gasteiger charge is -2.12. The predicted octanol–water partition coefficient (Wildman–Crippen LogP) is 5.47. The lowest BCUT2D eigenvalue weighted by atomic mass is 9.97. The zero-order valence-corrected chi connectivity index (χ0v) is 15.0. The number of rotatable bonds is 7. The molecule has 1 aromatic carbocycles. The fraction of sp³-hybridized carbons (Fsp3) is 0.381. The van der Waals surface area contributed by atoms with E-state index >= 15 is 0 Å². The molecule has 144 valence electrons. The SMILES string of the molecule is CC#Cc1cc(C(F)(F)F)cc(F)c1C(=O)CCCOCC1=CCCC=C1. The van der Waals surface area contributed by atoms with Gasteiger partial charge in [-0.2, -0.15) is 13.2 Å². The summed E-state index contributed by atoms with van der Waals surface area (Å²) in [4.78, 5) is 12.3. The second-order valence-electron chi connectivity index (χ2n) is 6.09. The van der Waals surface area contributed by atoms with Gasteiger partial charge in [0.15, 0.2) is 5.78 Å². The van der Waals surface area contributed by atoms with Gasteiger partial charge in [0.05, 0.1) is 17.7 Å². The normalized spacial score (nSPS) is 13.7. The third-order valence-electron chi connectivity index (χ3n) is 3.99. The first-order chi connectivity index (χ1) is 12.8. The van der Waals surface area contributed by atoms with Crippen molar-refractivity contribution in [1.29, 1.82) is 0 Å². The highest BCUT2D eigenvalue weighted by Gasteiger charge is 2.33. The van der Waals surface area contributed by atoms with E-state index in [2.05, 4.69) is 24.0 Å². The number of carbonyl (C=O) groups excluding carboxylic acids is 1. The molecule has 0 atom stereocenters. The number of ether oxygens (including phenoxy) is 1. The molecule has 0 radical (unpaired) electrons. The van der Waals surface area contributed by atoms with Crippen molar-refractivity contribution in [3.63, 3.8) is 0 Å². The van der Waals surface area contributed by atoms with E-state index in [1.165, 1.54) is 6.92 Å². The molecule has 0 spiro atoms. The summed E-state index contributed by atoms with van der Waals surface area (Å²) in [5, 5.41) is 0. The summed E-state index contributed by atoms with van der Waals surface area (Å²) in [6.45, 7) is 2.15. The number of Topliss-reactive ketones (excluding diaryl/α,β-unsaturated/α-hetero) is 1. The zero-order chi connectivity index (χ0) is 19.9. The molecular weight excluding hydrogens is 360 g/mol. The zero-order valence-electron chi connectivity index (χ0n) is 15.0. The third-order valence-corrected chi connectivity index (χ3v) is 3.99. The van der Waals surface area contributed by atoms with Crippen LogP contribution >= 0.6 is 0 Å². The van der Waals surface area contributed by atoms with Gasteiger partial charge < -0.3 is 4.74 Å². The highest BCUT2D eigenvalue weighted by Crippen LogP contribution is 2.32.